The van der Waals surface area contributed by atoms with Gasteiger partial charge in [0.05, 0.1) is 12.6 Å². The molecule has 0 spiro atoms. The standard InChI is InChI=1S/C26H27FN6/c27-24-8-6-22(7-9-24)19-33-26(29-30-31-33)25(23-10-14-28-15-11-23)32-16-12-21(13-17-32)18-20-4-2-1-3-5-20/h1-11,14-15,21,25H,12-13,16-19H2. The molecule has 168 valence electrons. The van der Waals surface area contributed by atoms with E-state index in [2.05, 4.69) is 55.7 Å². The molecule has 0 radical (unpaired) electrons. The minimum atomic E-state index is -0.247. The van der Waals surface area contributed by atoms with Crippen LogP contribution in [-0.2, 0) is 13.0 Å². The fraction of sp³-hybridized carbons (Fsp3) is 0.308. The number of nitrogens with zero attached hydrogens (tertiary/aromatic N) is 6. The van der Waals surface area contributed by atoms with Crippen molar-refractivity contribution in [1.29, 1.82) is 0 Å². The van der Waals surface area contributed by atoms with Gasteiger partial charge in [0.15, 0.2) is 5.82 Å². The summed E-state index contributed by atoms with van der Waals surface area (Å²) in [6, 6.07) is 21.3. The van der Waals surface area contributed by atoms with Crippen LogP contribution in [0.2, 0.25) is 0 Å². The van der Waals surface area contributed by atoms with E-state index in [0.29, 0.717) is 12.5 Å². The molecule has 1 fully saturated rings. The average molecular weight is 443 g/mol. The topological polar surface area (TPSA) is 59.7 Å². The molecule has 4 aromatic rings. The van der Waals surface area contributed by atoms with Gasteiger partial charge in [0.25, 0.3) is 0 Å². The monoisotopic (exact) mass is 442 g/mol. The highest BCUT2D eigenvalue weighted by Crippen LogP contribution is 2.32. The van der Waals surface area contributed by atoms with Crippen molar-refractivity contribution in [1.82, 2.24) is 30.1 Å². The summed E-state index contributed by atoms with van der Waals surface area (Å²) in [6.07, 6.45) is 7.03. The molecule has 1 saturated heterocycles. The number of rotatable bonds is 7. The van der Waals surface area contributed by atoms with Crippen molar-refractivity contribution < 1.29 is 4.39 Å². The molecule has 0 N–H and O–H groups in total. The first-order valence-corrected chi connectivity index (χ1v) is 11.4. The first-order chi connectivity index (χ1) is 16.3. The highest BCUT2D eigenvalue weighted by Gasteiger charge is 2.31. The number of piperidine rings is 1. The van der Waals surface area contributed by atoms with Gasteiger partial charge in [-0.2, -0.15) is 0 Å². The second-order valence-corrected chi connectivity index (χ2v) is 8.67. The van der Waals surface area contributed by atoms with E-state index in [0.717, 1.165) is 49.3 Å². The highest BCUT2D eigenvalue weighted by atomic mass is 19.1. The van der Waals surface area contributed by atoms with Crippen LogP contribution in [-0.4, -0.2) is 43.2 Å². The molecule has 1 aliphatic heterocycles. The first kappa shape index (κ1) is 21.4. The predicted octanol–water partition coefficient (Wildman–Crippen LogP) is 4.30. The molecule has 2 aromatic carbocycles. The van der Waals surface area contributed by atoms with Gasteiger partial charge in [-0.15, -0.1) is 5.10 Å². The van der Waals surface area contributed by atoms with E-state index >= 15 is 0 Å². The zero-order chi connectivity index (χ0) is 22.5. The van der Waals surface area contributed by atoms with Crippen molar-refractivity contribution in [3.8, 4) is 0 Å². The Balaban J connectivity index is 1.36. The van der Waals surface area contributed by atoms with Gasteiger partial charge in [0.2, 0.25) is 0 Å². The summed E-state index contributed by atoms with van der Waals surface area (Å²) in [5.41, 5.74) is 3.49. The van der Waals surface area contributed by atoms with Crippen LogP contribution in [0.5, 0.6) is 0 Å². The summed E-state index contributed by atoms with van der Waals surface area (Å²) in [7, 11) is 0. The van der Waals surface area contributed by atoms with Crippen molar-refractivity contribution in [2.24, 2.45) is 5.92 Å². The zero-order valence-electron chi connectivity index (χ0n) is 18.5. The number of likely N-dealkylation sites (tertiary alicyclic amines) is 1. The van der Waals surface area contributed by atoms with Crippen LogP contribution < -0.4 is 0 Å². The molecule has 0 saturated carbocycles. The van der Waals surface area contributed by atoms with Crippen molar-refractivity contribution >= 4 is 0 Å². The Morgan fingerprint density at radius 1 is 0.879 bits per heavy atom. The Morgan fingerprint density at radius 3 is 2.33 bits per heavy atom. The van der Waals surface area contributed by atoms with Crippen molar-refractivity contribution in [2.45, 2.75) is 31.8 Å². The summed E-state index contributed by atoms with van der Waals surface area (Å²) in [5.74, 6) is 1.23. The van der Waals surface area contributed by atoms with Crippen LogP contribution in [0, 0.1) is 11.7 Å². The molecule has 2 aromatic heterocycles. The van der Waals surface area contributed by atoms with Crippen LogP contribution in [0.3, 0.4) is 0 Å². The predicted molar refractivity (Wildman–Crippen MR) is 124 cm³/mol. The van der Waals surface area contributed by atoms with E-state index in [4.69, 9.17) is 0 Å². The molecule has 7 heteroatoms. The fourth-order valence-corrected chi connectivity index (χ4v) is 4.71. The maximum Gasteiger partial charge on any atom is 0.173 e. The Kier molecular flexibility index (Phi) is 6.48. The number of pyridine rings is 1. The Morgan fingerprint density at radius 2 is 1.61 bits per heavy atom. The molecule has 1 aliphatic rings. The third-order valence-corrected chi connectivity index (χ3v) is 6.45. The van der Waals surface area contributed by atoms with Crippen LogP contribution in [0.1, 0.15) is 41.4 Å². The maximum absolute atomic E-state index is 13.3. The summed E-state index contributed by atoms with van der Waals surface area (Å²) in [6.45, 7) is 2.45. The third-order valence-electron chi connectivity index (χ3n) is 6.45. The third kappa shape index (κ3) is 5.14. The maximum atomic E-state index is 13.3. The Hall–Kier alpha value is -3.45. The van der Waals surface area contributed by atoms with Gasteiger partial charge in [-0.25, -0.2) is 9.07 Å². The molecule has 0 amide bonds. The average Bonchev–Trinajstić information content (AvgIpc) is 3.31. The summed E-state index contributed by atoms with van der Waals surface area (Å²) in [4.78, 5) is 6.67. The van der Waals surface area contributed by atoms with Gasteiger partial charge in [-0.05, 0) is 89.7 Å². The number of hydrogen-bond donors (Lipinski definition) is 0. The van der Waals surface area contributed by atoms with E-state index in [1.807, 2.05) is 29.2 Å². The lowest BCUT2D eigenvalue weighted by Crippen LogP contribution is -2.39. The number of aromatic nitrogens is 5. The van der Waals surface area contributed by atoms with Gasteiger partial charge in [0, 0.05) is 12.4 Å². The number of benzene rings is 2. The van der Waals surface area contributed by atoms with Gasteiger partial charge in [-0.1, -0.05) is 42.5 Å². The largest absolute Gasteiger partial charge is 0.290 e. The highest BCUT2D eigenvalue weighted by molar-refractivity contribution is 5.24. The van der Waals surface area contributed by atoms with E-state index in [1.54, 1.807) is 12.1 Å². The molecule has 1 unspecified atom stereocenters. The molecular formula is C26H27FN6. The molecule has 6 nitrogen and oxygen atoms in total. The Labute approximate surface area is 193 Å². The molecule has 5 rings (SSSR count). The summed E-state index contributed by atoms with van der Waals surface area (Å²) in [5, 5.41) is 12.7. The number of halogens is 1. The van der Waals surface area contributed by atoms with E-state index < -0.39 is 0 Å². The molecule has 1 atom stereocenters. The number of tetrazole rings is 1. The minimum absolute atomic E-state index is 0.0545. The van der Waals surface area contributed by atoms with Crippen molar-refractivity contribution in [3.63, 3.8) is 0 Å². The van der Waals surface area contributed by atoms with Crippen LogP contribution >= 0.6 is 0 Å². The Bertz CT molecular complexity index is 1140. The van der Waals surface area contributed by atoms with E-state index in [-0.39, 0.29) is 11.9 Å². The lowest BCUT2D eigenvalue weighted by molar-refractivity contribution is 0.144. The first-order valence-electron chi connectivity index (χ1n) is 11.4. The summed E-state index contributed by atoms with van der Waals surface area (Å²) >= 11 is 0. The fourth-order valence-electron chi connectivity index (χ4n) is 4.71. The zero-order valence-corrected chi connectivity index (χ0v) is 18.5. The van der Waals surface area contributed by atoms with Crippen LogP contribution in [0.15, 0.2) is 79.1 Å². The normalized spacial score (nSPS) is 16.0. The van der Waals surface area contributed by atoms with Gasteiger partial charge < -0.3 is 0 Å². The van der Waals surface area contributed by atoms with E-state index in [1.165, 1.54) is 17.7 Å². The smallest absolute Gasteiger partial charge is 0.173 e. The second kappa shape index (κ2) is 10.0. The van der Waals surface area contributed by atoms with Gasteiger partial charge >= 0.3 is 0 Å². The quantitative estimate of drug-likeness (QED) is 0.427. The van der Waals surface area contributed by atoms with Crippen LogP contribution in [0.4, 0.5) is 4.39 Å². The molecule has 0 bridgehead atoms. The molecule has 33 heavy (non-hydrogen) atoms. The lowest BCUT2D eigenvalue weighted by atomic mass is 9.89. The summed E-state index contributed by atoms with van der Waals surface area (Å²) < 4.78 is 15.2. The van der Waals surface area contributed by atoms with E-state index in [9.17, 15) is 4.39 Å². The SMILES string of the molecule is Fc1ccc(Cn2nnnc2C(c2ccncc2)N2CCC(Cc3ccccc3)CC2)cc1. The second-order valence-electron chi connectivity index (χ2n) is 8.67. The molecule has 3 heterocycles. The van der Waals surface area contributed by atoms with Crippen LogP contribution in [0.25, 0.3) is 0 Å². The van der Waals surface area contributed by atoms with Gasteiger partial charge in [0.1, 0.15) is 5.82 Å². The van der Waals surface area contributed by atoms with Crippen molar-refractivity contribution in [2.75, 3.05) is 13.1 Å². The molecular weight excluding hydrogens is 415 g/mol. The lowest BCUT2D eigenvalue weighted by Gasteiger charge is -2.37. The molecule has 0 aliphatic carbocycles. The minimum Gasteiger partial charge on any atom is -0.290 e. The number of hydrogen-bond acceptors (Lipinski definition) is 5. The van der Waals surface area contributed by atoms with Crippen molar-refractivity contribution in [3.05, 3.63) is 107 Å². The van der Waals surface area contributed by atoms with Gasteiger partial charge in [-0.3, -0.25) is 9.88 Å².